The van der Waals surface area contributed by atoms with Crippen LogP contribution in [0.1, 0.15) is 10.7 Å². The summed E-state index contributed by atoms with van der Waals surface area (Å²) < 4.78 is 0. The fourth-order valence-electron chi connectivity index (χ4n) is 1.55. The van der Waals surface area contributed by atoms with Gasteiger partial charge in [0.2, 0.25) is 0 Å². The lowest BCUT2D eigenvalue weighted by Crippen LogP contribution is -2.33. The van der Waals surface area contributed by atoms with E-state index in [2.05, 4.69) is 20.6 Å². The molecule has 0 saturated carbocycles. The summed E-state index contributed by atoms with van der Waals surface area (Å²) in [6, 6.07) is 1.41. The monoisotopic (exact) mass is 337 g/mol. The largest absolute Gasteiger partial charge is 0.480 e. The molecule has 10 heteroatoms. The second-order valence-corrected chi connectivity index (χ2v) is 6.04. The average Bonchev–Trinajstić information content (AvgIpc) is 3.04. The molecule has 0 fully saturated rings. The summed E-state index contributed by atoms with van der Waals surface area (Å²) in [5.41, 5.74) is 1.41. The number of amides is 2. The van der Waals surface area contributed by atoms with E-state index in [0.717, 1.165) is 9.88 Å². The molecule has 0 unspecified atom stereocenters. The minimum atomic E-state index is -1.13. The van der Waals surface area contributed by atoms with Crippen LogP contribution in [0.5, 0.6) is 0 Å². The molecule has 8 nitrogen and oxygen atoms in total. The van der Waals surface area contributed by atoms with Gasteiger partial charge in [0.15, 0.2) is 5.13 Å². The van der Waals surface area contributed by atoms with Crippen molar-refractivity contribution >= 4 is 39.8 Å². The van der Waals surface area contributed by atoms with Crippen molar-refractivity contribution in [1.82, 2.24) is 15.3 Å². The number of aromatic nitrogens is 2. The van der Waals surface area contributed by atoms with E-state index in [1.165, 1.54) is 22.7 Å². The van der Waals surface area contributed by atoms with E-state index >= 15 is 0 Å². The summed E-state index contributed by atoms with van der Waals surface area (Å²) >= 11 is 2.63. The number of nitriles is 1. The van der Waals surface area contributed by atoms with Crippen LogP contribution < -0.4 is 10.6 Å². The molecule has 0 radical (unpaired) electrons. The third-order valence-electron chi connectivity index (χ3n) is 2.43. The smallest absolute Gasteiger partial charge is 0.323 e. The number of aliphatic carboxylic acids is 1. The summed E-state index contributed by atoms with van der Waals surface area (Å²) in [6.07, 6.45) is 0.255. The second kappa shape index (κ2) is 6.97. The highest BCUT2D eigenvalue weighted by molar-refractivity contribution is 7.19. The normalized spacial score (nSPS) is 10.0. The molecule has 2 amide bonds. The summed E-state index contributed by atoms with van der Waals surface area (Å²) in [5, 5.41) is 24.7. The van der Waals surface area contributed by atoms with Crippen LogP contribution in [0.25, 0.3) is 10.6 Å². The number of thiazole rings is 2. The van der Waals surface area contributed by atoms with E-state index in [4.69, 9.17) is 10.4 Å². The van der Waals surface area contributed by atoms with Gasteiger partial charge in [-0.1, -0.05) is 11.3 Å². The van der Waals surface area contributed by atoms with Crippen molar-refractivity contribution in [1.29, 1.82) is 5.26 Å². The van der Waals surface area contributed by atoms with E-state index in [1.807, 2.05) is 11.4 Å². The van der Waals surface area contributed by atoms with E-state index in [1.54, 1.807) is 6.92 Å². The number of urea groups is 1. The van der Waals surface area contributed by atoms with Gasteiger partial charge >= 0.3 is 12.0 Å². The molecule has 2 heterocycles. The van der Waals surface area contributed by atoms with Gasteiger partial charge < -0.3 is 10.4 Å². The van der Waals surface area contributed by atoms with Crippen LogP contribution in [-0.4, -0.2) is 33.6 Å². The molecule has 0 aromatic carbocycles. The van der Waals surface area contributed by atoms with Crippen LogP contribution >= 0.6 is 22.7 Å². The molecule has 0 spiro atoms. The molecule has 0 atom stereocenters. The minimum Gasteiger partial charge on any atom is -0.480 e. The fraction of sp³-hybridized carbons (Fsp3) is 0.250. The van der Waals surface area contributed by atoms with Crippen LogP contribution in [0.3, 0.4) is 0 Å². The lowest BCUT2D eigenvalue weighted by Gasteiger charge is -2.01. The van der Waals surface area contributed by atoms with Crippen LogP contribution in [-0.2, 0) is 11.2 Å². The van der Waals surface area contributed by atoms with E-state index < -0.39 is 18.5 Å². The van der Waals surface area contributed by atoms with Crippen molar-refractivity contribution < 1.29 is 14.7 Å². The van der Waals surface area contributed by atoms with Gasteiger partial charge in [-0.25, -0.2) is 14.8 Å². The topological polar surface area (TPSA) is 128 Å². The number of nitrogens with one attached hydrogen (secondary N) is 2. The van der Waals surface area contributed by atoms with Crippen LogP contribution in [0, 0.1) is 18.3 Å². The average molecular weight is 337 g/mol. The van der Waals surface area contributed by atoms with Gasteiger partial charge in [0.1, 0.15) is 11.6 Å². The Hall–Kier alpha value is -2.51. The Kier molecular flexibility index (Phi) is 5.03. The molecule has 2 aromatic rings. The maximum atomic E-state index is 11.5. The zero-order valence-corrected chi connectivity index (χ0v) is 13.0. The van der Waals surface area contributed by atoms with Crippen molar-refractivity contribution in [3.8, 4) is 16.6 Å². The molecular formula is C12H11N5O3S2. The second-order valence-electron chi connectivity index (χ2n) is 4.10. The SMILES string of the molecule is Cc1nc(NC(=O)NCC(=O)O)sc1-c1csc(CC#N)n1. The van der Waals surface area contributed by atoms with Gasteiger partial charge in [0.25, 0.3) is 0 Å². The summed E-state index contributed by atoms with van der Waals surface area (Å²) in [6.45, 7) is 1.32. The Morgan fingerprint density at radius 3 is 2.91 bits per heavy atom. The number of hydrogen-bond donors (Lipinski definition) is 3. The molecule has 3 N–H and O–H groups in total. The van der Waals surface area contributed by atoms with Crippen molar-refractivity contribution in [2.45, 2.75) is 13.3 Å². The molecular weight excluding hydrogens is 326 g/mol. The standard InChI is InChI=1S/C12H11N5O3S2/c1-6-10(7-5-21-8(16-7)2-3-13)22-12(15-6)17-11(20)14-4-9(18)19/h5H,2,4H2,1H3,(H,18,19)(H2,14,15,17,20). The number of aryl methyl sites for hydroxylation is 1. The number of rotatable bonds is 5. The molecule has 0 aliphatic heterocycles. The minimum absolute atomic E-state index is 0.255. The van der Waals surface area contributed by atoms with Gasteiger partial charge in [-0.2, -0.15) is 5.26 Å². The summed E-state index contributed by atoms with van der Waals surface area (Å²) in [7, 11) is 0. The molecule has 114 valence electrons. The Labute approximate surface area is 133 Å². The number of carboxylic acids is 1. The van der Waals surface area contributed by atoms with Crippen LogP contribution in [0.4, 0.5) is 9.93 Å². The highest BCUT2D eigenvalue weighted by Gasteiger charge is 2.14. The number of carbonyl (C=O) groups is 2. The lowest BCUT2D eigenvalue weighted by atomic mass is 10.3. The van der Waals surface area contributed by atoms with Crippen LogP contribution in [0.2, 0.25) is 0 Å². The van der Waals surface area contributed by atoms with E-state index in [9.17, 15) is 9.59 Å². The Balaban J connectivity index is 2.09. The highest BCUT2D eigenvalue weighted by Crippen LogP contribution is 2.33. The first-order chi connectivity index (χ1) is 10.5. The van der Waals surface area contributed by atoms with Crippen LogP contribution in [0.15, 0.2) is 5.38 Å². The number of nitrogens with zero attached hydrogens (tertiary/aromatic N) is 3. The molecule has 2 rings (SSSR count). The van der Waals surface area contributed by atoms with Crippen molar-refractivity contribution in [3.63, 3.8) is 0 Å². The van der Waals surface area contributed by atoms with E-state index in [0.29, 0.717) is 16.5 Å². The summed E-state index contributed by atoms with van der Waals surface area (Å²) in [4.78, 5) is 31.2. The van der Waals surface area contributed by atoms with Gasteiger partial charge in [-0.05, 0) is 6.92 Å². The summed E-state index contributed by atoms with van der Waals surface area (Å²) in [5.74, 6) is -1.13. The maximum absolute atomic E-state index is 11.5. The quantitative estimate of drug-likeness (QED) is 0.764. The first kappa shape index (κ1) is 15.9. The first-order valence-corrected chi connectivity index (χ1v) is 7.75. The lowest BCUT2D eigenvalue weighted by molar-refractivity contribution is -0.135. The Morgan fingerprint density at radius 2 is 2.23 bits per heavy atom. The zero-order valence-electron chi connectivity index (χ0n) is 11.4. The highest BCUT2D eigenvalue weighted by atomic mass is 32.1. The third kappa shape index (κ3) is 4.00. The number of carboxylic acid groups (broad SMARTS) is 1. The van der Waals surface area contributed by atoms with Gasteiger partial charge in [-0.15, -0.1) is 11.3 Å². The molecule has 2 aromatic heterocycles. The van der Waals surface area contributed by atoms with Crippen molar-refractivity contribution in [3.05, 3.63) is 16.1 Å². The van der Waals surface area contributed by atoms with Gasteiger partial charge in [0, 0.05) is 5.38 Å². The molecule has 22 heavy (non-hydrogen) atoms. The predicted molar refractivity (Wildman–Crippen MR) is 81.9 cm³/mol. The third-order valence-corrected chi connectivity index (χ3v) is 4.38. The molecule has 0 saturated heterocycles. The van der Waals surface area contributed by atoms with Crippen molar-refractivity contribution in [2.24, 2.45) is 0 Å². The van der Waals surface area contributed by atoms with Crippen molar-refractivity contribution in [2.75, 3.05) is 11.9 Å². The Bertz CT molecular complexity index is 746. The fourth-order valence-corrected chi connectivity index (χ4v) is 3.26. The zero-order chi connectivity index (χ0) is 16.1. The number of anilines is 1. The van der Waals surface area contributed by atoms with E-state index in [-0.39, 0.29) is 6.42 Å². The number of hydrogen-bond acceptors (Lipinski definition) is 7. The predicted octanol–water partition coefficient (Wildman–Crippen LogP) is 1.85. The first-order valence-electron chi connectivity index (χ1n) is 6.05. The Morgan fingerprint density at radius 1 is 1.45 bits per heavy atom. The molecule has 0 bridgehead atoms. The molecule has 0 aliphatic carbocycles. The van der Waals surface area contributed by atoms with Gasteiger partial charge in [0.05, 0.1) is 28.8 Å². The maximum Gasteiger partial charge on any atom is 0.323 e. The molecule has 0 aliphatic rings. The van der Waals surface area contributed by atoms with Gasteiger partial charge in [-0.3, -0.25) is 10.1 Å². The number of carbonyl (C=O) groups excluding carboxylic acids is 1.